The van der Waals surface area contributed by atoms with Crippen molar-refractivity contribution in [2.24, 2.45) is 11.8 Å². The van der Waals surface area contributed by atoms with Crippen LogP contribution in [-0.4, -0.2) is 26.2 Å². The van der Waals surface area contributed by atoms with Gasteiger partial charge in [-0.1, -0.05) is 0 Å². The van der Waals surface area contributed by atoms with Crippen molar-refractivity contribution in [3.05, 3.63) is 4.88 Å². The van der Waals surface area contributed by atoms with Crippen LogP contribution >= 0.6 is 11.3 Å². The van der Waals surface area contributed by atoms with Gasteiger partial charge in [0.25, 0.3) is 0 Å². The highest BCUT2D eigenvalue weighted by Crippen LogP contribution is 2.49. The third-order valence-electron chi connectivity index (χ3n) is 4.03. The predicted octanol–water partition coefficient (Wildman–Crippen LogP) is 2.73. The highest BCUT2D eigenvalue weighted by Gasteiger charge is 2.42. The third kappa shape index (κ3) is 2.44. The predicted molar refractivity (Wildman–Crippen MR) is 79.5 cm³/mol. The molecule has 0 aliphatic heterocycles. The number of anilines is 2. The van der Waals surface area contributed by atoms with E-state index in [1.165, 1.54) is 44.1 Å². The molecule has 0 atom stereocenters. The summed E-state index contributed by atoms with van der Waals surface area (Å²) in [7, 11) is 2.94. The molecule has 0 unspecified atom stereocenters. The monoisotopic (exact) mass is 296 g/mol. The van der Waals surface area contributed by atoms with Gasteiger partial charge in [0.15, 0.2) is 5.75 Å². The van der Waals surface area contributed by atoms with E-state index in [1.54, 1.807) is 7.11 Å². The Hall–Kier alpha value is -1.43. The first-order valence-corrected chi connectivity index (χ1v) is 7.78. The molecule has 0 spiro atoms. The van der Waals surface area contributed by atoms with Gasteiger partial charge in [0.05, 0.1) is 14.2 Å². The van der Waals surface area contributed by atoms with Gasteiger partial charge in [0.2, 0.25) is 0 Å². The Bertz CT molecular complexity index is 509. The van der Waals surface area contributed by atoms with Crippen LogP contribution in [0.5, 0.6) is 5.75 Å². The van der Waals surface area contributed by atoms with E-state index < -0.39 is 5.97 Å². The fraction of sp³-hybridized carbons (Fsp3) is 0.643. The molecule has 0 amide bonds. The van der Waals surface area contributed by atoms with Gasteiger partial charge in [-0.2, -0.15) is 0 Å². The minimum Gasteiger partial charge on any atom is -0.492 e. The van der Waals surface area contributed by atoms with Crippen LogP contribution in [0.2, 0.25) is 0 Å². The van der Waals surface area contributed by atoms with Crippen LogP contribution in [-0.2, 0) is 4.74 Å². The number of hydrogen-bond donors (Lipinski definition) is 2. The van der Waals surface area contributed by atoms with E-state index in [9.17, 15) is 4.79 Å². The van der Waals surface area contributed by atoms with E-state index in [0.717, 1.165) is 16.8 Å². The topological polar surface area (TPSA) is 73.6 Å². The Morgan fingerprint density at radius 3 is 2.35 bits per heavy atom. The van der Waals surface area contributed by atoms with Crippen LogP contribution in [0, 0.1) is 11.8 Å². The Kier molecular flexibility index (Phi) is 3.50. The molecule has 2 fully saturated rings. The maximum absolute atomic E-state index is 11.7. The number of nitrogens with one attached hydrogen (secondary N) is 1. The molecule has 3 rings (SSSR count). The van der Waals surface area contributed by atoms with Crippen LogP contribution in [0.1, 0.15) is 35.4 Å². The summed E-state index contributed by atoms with van der Waals surface area (Å²) in [5, 5.41) is 4.42. The molecule has 1 aromatic heterocycles. The first-order valence-electron chi connectivity index (χ1n) is 6.96. The van der Waals surface area contributed by atoms with Gasteiger partial charge in [0, 0.05) is 6.04 Å². The van der Waals surface area contributed by atoms with Gasteiger partial charge in [-0.25, -0.2) is 4.79 Å². The highest BCUT2D eigenvalue weighted by atomic mass is 32.1. The summed E-state index contributed by atoms with van der Waals surface area (Å²) in [6.45, 7) is 0. The number of thiophene rings is 1. The average Bonchev–Trinajstić information content (AvgIpc) is 3.34. The van der Waals surface area contributed by atoms with E-state index in [4.69, 9.17) is 15.2 Å². The molecular weight excluding hydrogens is 276 g/mol. The van der Waals surface area contributed by atoms with Gasteiger partial charge < -0.3 is 20.5 Å². The highest BCUT2D eigenvalue weighted by molar-refractivity contribution is 7.19. The minimum atomic E-state index is -0.409. The van der Waals surface area contributed by atoms with E-state index in [2.05, 4.69) is 5.32 Å². The molecule has 2 saturated carbocycles. The Morgan fingerprint density at radius 2 is 1.90 bits per heavy atom. The number of carbonyl (C=O) groups is 1. The fourth-order valence-corrected chi connectivity index (χ4v) is 3.71. The third-order valence-corrected chi connectivity index (χ3v) is 5.13. The number of carbonyl (C=O) groups excluding carboxylic acids is 1. The molecule has 5 nitrogen and oxygen atoms in total. The zero-order valence-electron chi connectivity index (χ0n) is 11.8. The normalized spacial score (nSPS) is 18.1. The standard InChI is InChI=1S/C14H20N2O3S/c1-18-11-9(15)12(14(17)19-2)20-13(11)16-10(7-3-4-7)8-5-6-8/h7-8,10,16H,3-6,15H2,1-2H3. The van der Waals surface area contributed by atoms with Gasteiger partial charge in [-0.05, 0) is 37.5 Å². The SMILES string of the molecule is COC(=O)c1sc(NC(C2CC2)C2CC2)c(OC)c1N. The van der Waals surface area contributed by atoms with Gasteiger partial charge in [0.1, 0.15) is 15.6 Å². The first kappa shape index (κ1) is 13.5. The Morgan fingerprint density at radius 1 is 1.30 bits per heavy atom. The number of nitrogen functional groups attached to an aromatic ring is 1. The molecule has 20 heavy (non-hydrogen) atoms. The quantitative estimate of drug-likeness (QED) is 0.790. The van der Waals surface area contributed by atoms with Crippen molar-refractivity contribution >= 4 is 28.0 Å². The lowest BCUT2D eigenvalue weighted by Gasteiger charge is -2.18. The molecule has 1 heterocycles. The lowest BCUT2D eigenvalue weighted by Crippen LogP contribution is -2.23. The molecule has 0 bridgehead atoms. The Labute approximate surface area is 122 Å². The smallest absolute Gasteiger partial charge is 0.350 e. The molecule has 6 heteroatoms. The summed E-state index contributed by atoms with van der Waals surface area (Å²) in [4.78, 5) is 12.1. The van der Waals surface area contributed by atoms with Crippen LogP contribution in [0.4, 0.5) is 10.7 Å². The van der Waals surface area contributed by atoms with E-state index >= 15 is 0 Å². The molecule has 0 radical (unpaired) electrons. The second-order valence-corrected chi connectivity index (χ2v) is 6.56. The molecule has 0 aromatic carbocycles. The maximum Gasteiger partial charge on any atom is 0.350 e. The summed E-state index contributed by atoms with van der Waals surface area (Å²) in [5.74, 6) is 1.68. The zero-order chi connectivity index (χ0) is 14.3. The number of nitrogens with two attached hydrogens (primary N) is 1. The largest absolute Gasteiger partial charge is 0.492 e. The number of esters is 1. The minimum absolute atomic E-state index is 0.372. The molecule has 0 saturated heterocycles. The molecule has 1 aromatic rings. The van der Waals surface area contributed by atoms with Crippen molar-refractivity contribution in [3.8, 4) is 5.75 Å². The second kappa shape index (κ2) is 5.16. The summed E-state index contributed by atoms with van der Waals surface area (Å²) < 4.78 is 10.1. The van der Waals surface area contributed by atoms with Gasteiger partial charge >= 0.3 is 5.97 Å². The van der Waals surface area contributed by atoms with Crippen molar-refractivity contribution in [1.82, 2.24) is 0 Å². The van der Waals surface area contributed by atoms with Crippen molar-refractivity contribution < 1.29 is 14.3 Å². The van der Waals surface area contributed by atoms with Crippen molar-refractivity contribution in [1.29, 1.82) is 0 Å². The lowest BCUT2D eigenvalue weighted by molar-refractivity contribution is 0.0607. The van der Waals surface area contributed by atoms with Crippen molar-refractivity contribution in [2.75, 3.05) is 25.3 Å². The van der Waals surface area contributed by atoms with Crippen molar-refractivity contribution in [2.45, 2.75) is 31.7 Å². The second-order valence-electron chi connectivity index (χ2n) is 5.54. The van der Waals surface area contributed by atoms with Crippen LogP contribution in [0.3, 0.4) is 0 Å². The molecule has 2 aliphatic rings. The summed E-state index contributed by atoms with van der Waals surface area (Å²) in [6, 6.07) is 0.493. The summed E-state index contributed by atoms with van der Waals surface area (Å²) in [6.07, 6.45) is 5.17. The average molecular weight is 296 g/mol. The number of methoxy groups -OCH3 is 2. The molecule has 3 N–H and O–H groups in total. The number of ether oxygens (including phenoxy) is 2. The molecule has 110 valence electrons. The molecular formula is C14H20N2O3S. The van der Waals surface area contributed by atoms with Gasteiger partial charge in [-0.15, -0.1) is 11.3 Å². The number of rotatable bonds is 6. The lowest BCUT2D eigenvalue weighted by atomic mass is 10.1. The van der Waals surface area contributed by atoms with Crippen molar-refractivity contribution in [3.63, 3.8) is 0 Å². The van der Waals surface area contributed by atoms with Crippen LogP contribution < -0.4 is 15.8 Å². The summed E-state index contributed by atoms with van der Waals surface area (Å²) >= 11 is 1.33. The van der Waals surface area contributed by atoms with Gasteiger partial charge in [-0.3, -0.25) is 0 Å². The fourth-order valence-electron chi connectivity index (χ4n) is 2.65. The van der Waals surface area contributed by atoms with Crippen LogP contribution in [0.15, 0.2) is 0 Å². The van der Waals surface area contributed by atoms with E-state index in [-0.39, 0.29) is 0 Å². The van der Waals surface area contributed by atoms with E-state index in [1.807, 2.05) is 0 Å². The number of hydrogen-bond acceptors (Lipinski definition) is 6. The summed E-state index contributed by atoms with van der Waals surface area (Å²) in [5.41, 5.74) is 6.37. The zero-order valence-corrected chi connectivity index (χ0v) is 12.6. The van der Waals surface area contributed by atoms with Crippen LogP contribution in [0.25, 0.3) is 0 Å². The van der Waals surface area contributed by atoms with E-state index in [0.29, 0.717) is 22.4 Å². The maximum atomic E-state index is 11.7. The molecule has 2 aliphatic carbocycles. The Balaban J connectivity index is 1.85. The first-order chi connectivity index (χ1) is 9.65.